The molecule has 0 bridgehead atoms. The van der Waals surface area contributed by atoms with Gasteiger partial charge >= 0.3 is 0 Å². The summed E-state index contributed by atoms with van der Waals surface area (Å²) in [5.74, 6) is 0.751. The van der Waals surface area contributed by atoms with E-state index in [-0.39, 0.29) is 4.90 Å². The van der Waals surface area contributed by atoms with Crippen molar-refractivity contribution in [2.75, 3.05) is 5.73 Å². The molecule has 2 aromatic carbocycles. The molecule has 0 amide bonds. The van der Waals surface area contributed by atoms with Crippen LogP contribution in [0.25, 0.3) is 10.8 Å². The van der Waals surface area contributed by atoms with Gasteiger partial charge in [0.15, 0.2) is 5.82 Å². The molecule has 22 heavy (non-hydrogen) atoms. The molecular formula is C15H14N4O2S. The topological polar surface area (TPSA) is 101 Å². The molecule has 0 fully saturated rings. The van der Waals surface area contributed by atoms with Gasteiger partial charge in [-0.2, -0.15) is 8.42 Å². The Morgan fingerprint density at radius 3 is 2.32 bits per heavy atom. The number of nitrogen functional groups attached to an aromatic ring is 1. The van der Waals surface area contributed by atoms with Crippen molar-refractivity contribution in [3.63, 3.8) is 0 Å². The lowest BCUT2D eigenvalue weighted by atomic mass is 10.2. The first-order valence-electron chi connectivity index (χ1n) is 6.58. The van der Waals surface area contributed by atoms with Crippen molar-refractivity contribution in [3.8, 4) is 0 Å². The van der Waals surface area contributed by atoms with Gasteiger partial charge in [-0.05, 0) is 19.1 Å². The third-order valence-corrected chi connectivity index (χ3v) is 4.46. The second-order valence-corrected chi connectivity index (χ2v) is 6.49. The molecule has 0 saturated heterocycles. The number of aromatic nitrogens is 1. The molecule has 3 N–H and O–H groups in total. The first-order chi connectivity index (χ1) is 10.5. The quantitative estimate of drug-likeness (QED) is 0.723. The van der Waals surface area contributed by atoms with E-state index in [9.17, 15) is 8.42 Å². The number of sulfonamides is 1. The fraction of sp³-hybridized carbons (Fsp3) is 0.0667. The molecule has 0 unspecified atom stereocenters. The van der Waals surface area contributed by atoms with Gasteiger partial charge in [0.05, 0.1) is 4.90 Å². The number of nitrogens with one attached hydrogen (secondary N) is 1. The Balaban J connectivity index is 2.00. The highest BCUT2D eigenvalue weighted by Gasteiger charge is 2.13. The second-order valence-electron chi connectivity index (χ2n) is 4.90. The summed E-state index contributed by atoms with van der Waals surface area (Å²) >= 11 is 0. The Labute approximate surface area is 127 Å². The molecule has 0 saturated carbocycles. The summed E-state index contributed by atoms with van der Waals surface area (Å²) in [7, 11) is -3.84. The fourth-order valence-electron chi connectivity index (χ4n) is 2.12. The smallest absolute Gasteiger partial charge is 0.299 e. The molecule has 6 nitrogen and oxygen atoms in total. The number of aromatic amines is 1. The minimum atomic E-state index is -3.84. The van der Waals surface area contributed by atoms with E-state index >= 15 is 0 Å². The first-order valence-corrected chi connectivity index (χ1v) is 8.02. The standard InChI is InChI=1S/C15H14N4O2S/c1-10-6-8-11(9-7-10)22(20,21)19-18-15-13-5-3-2-4-12(13)14(16)17-15/h2-9,17H,16H2,1H3/b19-18+. The van der Waals surface area contributed by atoms with Crippen LogP contribution >= 0.6 is 0 Å². The number of aryl methyl sites for hydroxylation is 1. The molecule has 1 aromatic heterocycles. The van der Waals surface area contributed by atoms with Crippen LogP contribution in [-0.4, -0.2) is 13.4 Å². The Hall–Kier alpha value is -2.67. The molecule has 0 spiro atoms. The van der Waals surface area contributed by atoms with E-state index in [1.807, 2.05) is 25.1 Å². The predicted octanol–water partition coefficient (Wildman–Crippen LogP) is 3.53. The number of H-pyrrole nitrogens is 1. The number of hydrogen-bond acceptors (Lipinski definition) is 4. The Morgan fingerprint density at radius 2 is 1.64 bits per heavy atom. The zero-order valence-corrected chi connectivity index (χ0v) is 12.6. The van der Waals surface area contributed by atoms with Crippen LogP contribution in [-0.2, 0) is 10.0 Å². The monoisotopic (exact) mass is 314 g/mol. The minimum Gasteiger partial charge on any atom is -0.385 e. The van der Waals surface area contributed by atoms with Gasteiger partial charge < -0.3 is 10.7 Å². The van der Waals surface area contributed by atoms with E-state index in [0.717, 1.165) is 16.3 Å². The van der Waals surface area contributed by atoms with Gasteiger partial charge in [0.25, 0.3) is 10.0 Å². The van der Waals surface area contributed by atoms with Crippen LogP contribution in [0, 0.1) is 6.92 Å². The molecule has 0 atom stereocenters. The van der Waals surface area contributed by atoms with E-state index in [2.05, 4.69) is 14.6 Å². The van der Waals surface area contributed by atoms with Gasteiger partial charge in [-0.25, -0.2) is 0 Å². The molecule has 0 aliphatic carbocycles. The average Bonchev–Trinajstić information content (AvgIpc) is 2.83. The van der Waals surface area contributed by atoms with E-state index < -0.39 is 10.0 Å². The maximum absolute atomic E-state index is 12.2. The minimum absolute atomic E-state index is 0.102. The maximum atomic E-state index is 12.2. The van der Waals surface area contributed by atoms with E-state index in [0.29, 0.717) is 11.6 Å². The summed E-state index contributed by atoms with van der Waals surface area (Å²) in [5, 5.41) is 5.33. The van der Waals surface area contributed by atoms with Crippen LogP contribution < -0.4 is 5.73 Å². The van der Waals surface area contributed by atoms with Crippen LogP contribution in [0.5, 0.6) is 0 Å². The number of rotatable bonds is 3. The summed E-state index contributed by atoms with van der Waals surface area (Å²) in [6.07, 6.45) is 0. The van der Waals surface area contributed by atoms with Crippen molar-refractivity contribution in [1.29, 1.82) is 0 Å². The number of hydrogen-bond donors (Lipinski definition) is 2. The van der Waals surface area contributed by atoms with Crippen LogP contribution in [0.1, 0.15) is 5.56 Å². The molecule has 3 rings (SSSR count). The SMILES string of the molecule is Cc1ccc(S(=O)(=O)/N=N/c2[nH]c(N)c3ccccc23)cc1. The number of nitrogens with zero attached hydrogens (tertiary/aromatic N) is 2. The summed E-state index contributed by atoms with van der Waals surface area (Å²) in [5.41, 5.74) is 6.81. The molecule has 1 heterocycles. The largest absolute Gasteiger partial charge is 0.385 e. The molecule has 0 aliphatic rings. The highest BCUT2D eigenvalue weighted by Crippen LogP contribution is 2.30. The van der Waals surface area contributed by atoms with Crippen molar-refractivity contribution >= 4 is 32.4 Å². The summed E-state index contributed by atoms with van der Waals surface area (Å²) < 4.78 is 27.8. The lowest BCUT2D eigenvalue weighted by Crippen LogP contribution is -1.95. The lowest BCUT2D eigenvalue weighted by Gasteiger charge is -1.98. The second kappa shape index (κ2) is 5.27. The number of nitrogens with two attached hydrogens (primary N) is 1. The van der Waals surface area contributed by atoms with Gasteiger partial charge in [0.1, 0.15) is 5.82 Å². The van der Waals surface area contributed by atoms with Gasteiger partial charge in [-0.1, -0.05) is 46.5 Å². The van der Waals surface area contributed by atoms with Crippen LogP contribution in [0.2, 0.25) is 0 Å². The Bertz CT molecular complexity index is 957. The van der Waals surface area contributed by atoms with Crippen molar-refractivity contribution < 1.29 is 8.42 Å². The molecule has 112 valence electrons. The zero-order valence-electron chi connectivity index (χ0n) is 11.8. The lowest BCUT2D eigenvalue weighted by molar-refractivity contribution is 0.595. The zero-order chi connectivity index (χ0) is 15.7. The Kier molecular flexibility index (Phi) is 3.42. The van der Waals surface area contributed by atoms with Gasteiger partial charge in [-0.15, -0.1) is 5.11 Å². The normalized spacial score (nSPS) is 12.2. The van der Waals surface area contributed by atoms with Gasteiger partial charge in [-0.3, -0.25) is 0 Å². The third kappa shape index (κ3) is 2.58. The number of benzene rings is 2. The molecule has 7 heteroatoms. The molecule has 3 aromatic rings. The van der Waals surface area contributed by atoms with Crippen LogP contribution in [0.3, 0.4) is 0 Å². The summed E-state index contributed by atoms with van der Waals surface area (Å²) in [6, 6.07) is 13.7. The van der Waals surface area contributed by atoms with Crippen molar-refractivity contribution in [2.45, 2.75) is 11.8 Å². The van der Waals surface area contributed by atoms with Crippen molar-refractivity contribution in [3.05, 3.63) is 54.1 Å². The van der Waals surface area contributed by atoms with Crippen molar-refractivity contribution in [1.82, 2.24) is 4.98 Å². The highest BCUT2D eigenvalue weighted by atomic mass is 32.2. The predicted molar refractivity (Wildman–Crippen MR) is 85.6 cm³/mol. The Morgan fingerprint density at radius 1 is 1.00 bits per heavy atom. The highest BCUT2D eigenvalue weighted by molar-refractivity contribution is 7.90. The van der Waals surface area contributed by atoms with Crippen molar-refractivity contribution in [2.24, 2.45) is 9.63 Å². The van der Waals surface area contributed by atoms with Crippen LogP contribution in [0.15, 0.2) is 63.1 Å². The molecule has 0 radical (unpaired) electrons. The third-order valence-electron chi connectivity index (χ3n) is 3.29. The molecular weight excluding hydrogens is 300 g/mol. The fourth-order valence-corrected chi connectivity index (χ4v) is 2.88. The van der Waals surface area contributed by atoms with Gasteiger partial charge in [0, 0.05) is 10.8 Å². The van der Waals surface area contributed by atoms with Crippen LogP contribution in [0.4, 0.5) is 11.6 Å². The number of anilines is 1. The first kappa shape index (κ1) is 14.3. The number of fused-ring (bicyclic) bond motifs is 1. The maximum Gasteiger partial charge on any atom is 0.299 e. The molecule has 0 aliphatic heterocycles. The van der Waals surface area contributed by atoms with E-state index in [1.54, 1.807) is 18.2 Å². The average molecular weight is 314 g/mol. The van der Waals surface area contributed by atoms with Gasteiger partial charge in [0.2, 0.25) is 0 Å². The van der Waals surface area contributed by atoms with E-state index in [4.69, 9.17) is 5.73 Å². The van der Waals surface area contributed by atoms with E-state index in [1.165, 1.54) is 12.1 Å². The summed E-state index contributed by atoms with van der Waals surface area (Å²) in [6.45, 7) is 1.88. The summed E-state index contributed by atoms with van der Waals surface area (Å²) in [4.78, 5) is 2.94.